The van der Waals surface area contributed by atoms with Crippen LogP contribution in [0.15, 0.2) is 65.6 Å². The largest absolute Gasteiger partial charge is 0.268 e. The quantitative estimate of drug-likeness (QED) is 0.497. The fraction of sp³-hybridized carbons (Fsp3) is 0. The fourth-order valence-electron chi connectivity index (χ4n) is 2.89. The van der Waals surface area contributed by atoms with E-state index in [9.17, 15) is 13.6 Å². The van der Waals surface area contributed by atoms with Crippen LogP contribution in [0, 0.1) is 24.0 Å². The summed E-state index contributed by atoms with van der Waals surface area (Å²) in [4.78, 5) is 21.7. The number of benzene rings is 2. The van der Waals surface area contributed by atoms with Crippen LogP contribution >= 0.6 is 0 Å². The molecule has 6 heteroatoms. The van der Waals surface area contributed by atoms with Gasteiger partial charge in [-0.05, 0) is 60.2 Å². The molecule has 0 aliphatic rings. The number of rotatable bonds is 3. The van der Waals surface area contributed by atoms with Gasteiger partial charge in [-0.1, -0.05) is 18.1 Å². The molecule has 0 amide bonds. The van der Waals surface area contributed by atoms with Crippen molar-refractivity contribution >= 4 is 23.2 Å². The van der Waals surface area contributed by atoms with Gasteiger partial charge in [-0.25, -0.2) is 18.7 Å². The second kappa shape index (κ2) is 7.49. The Bertz CT molecular complexity index is 1350. The first-order valence-corrected chi connectivity index (χ1v) is 8.65. The molecule has 4 nitrogen and oxygen atoms in total. The van der Waals surface area contributed by atoms with Crippen LogP contribution in [0.1, 0.15) is 17.0 Å². The summed E-state index contributed by atoms with van der Waals surface area (Å²) in [5.41, 5.74) is 1.65. The second-order valence-corrected chi connectivity index (χ2v) is 6.18. The Balaban J connectivity index is 1.91. The van der Waals surface area contributed by atoms with Crippen molar-refractivity contribution in [3.63, 3.8) is 0 Å². The van der Waals surface area contributed by atoms with E-state index in [2.05, 4.69) is 15.9 Å². The maximum Gasteiger partial charge on any atom is 0.267 e. The molecule has 0 saturated heterocycles. The maximum atomic E-state index is 13.5. The first-order valence-electron chi connectivity index (χ1n) is 8.65. The van der Waals surface area contributed by atoms with Crippen molar-refractivity contribution in [2.24, 2.45) is 0 Å². The number of hydrogen-bond donors (Lipinski definition) is 0. The third-order valence-corrected chi connectivity index (χ3v) is 4.33. The van der Waals surface area contributed by atoms with Gasteiger partial charge >= 0.3 is 0 Å². The van der Waals surface area contributed by atoms with Crippen molar-refractivity contribution in [1.29, 1.82) is 0 Å². The normalized spacial score (nSPS) is 11.1. The van der Waals surface area contributed by atoms with Crippen molar-refractivity contribution in [2.75, 3.05) is 0 Å². The minimum absolute atomic E-state index is 0.291. The van der Waals surface area contributed by atoms with E-state index in [-0.39, 0.29) is 5.56 Å². The summed E-state index contributed by atoms with van der Waals surface area (Å²) in [5.74, 6) is 0.933. The van der Waals surface area contributed by atoms with Gasteiger partial charge in [0.1, 0.15) is 5.82 Å². The Labute approximate surface area is 164 Å². The van der Waals surface area contributed by atoms with Gasteiger partial charge in [-0.15, -0.1) is 6.42 Å². The van der Waals surface area contributed by atoms with Gasteiger partial charge in [0.25, 0.3) is 5.56 Å². The minimum Gasteiger partial charge on any atom is -0.268 e. The average molecular weight is 385 g/mol. The van der Waals surface area contributed by atoms with Crippen molar-refractivity contribution in [2.45, 2.75) is 0 Å². The van der Waals surface area contributed by atoms with Gasteiger partial charge in [-0.3, -0.25) is 9.36 Å². The van der Waals surface area contributed by atoms with Crippen LogP contribution in [-0.2, 0) is 0 Å². The predicted molar refractivity (Wildman–Crippen MR) is 108 cm³/mol. The molecule has 29 heavy (non-hydrogen) atoms. The summed E-state index contributed by atoms with van der Waals surface area (Å²) in [7, 11) is 0. The van der Waals surface area contributed by atoms with Crippen LogP contribution < -0.4 is 5.56 Å². The molecule has 2 aromatic heterocycles. The predicted octanol–water partition coefficient (Wildman–Crippen LogP) is 4.21. The molecule has 0 unspecified atom stereocenters. The summed E-state index contributed by atoms with van der Waals surface area (Å²) in [6, 6.07) is 13.7. The monoisotopic (exact) mass is 385 g/mol. The van der Waals surface area contributed by atoms with Gasteiger partial charge in [-0.2, -0.15) is 0 Å². The Hall–Kier alpha value is -4.11. The number of fused-ring (bicyclic) bond motifs is 1. The molecule has 0 spiro atoms. The Morgan fingerprint density at radius 1 is 1.00 bits per heavy atom. The van der Waals surface area contributed by atoms with Gasteiger partial charge in [0.2, 0.25) is 0 Å². The topological polar surface area (TPSA) is 47.8 Å². The highest BCUT2D eigenvalue weighted by molar-refractivity contribution is 5.76. The zero-order chi connectivity index (χ0) is 20.4. The van der Waals surface area contributed by atoms with Crippen LogP contribution in [0.3, 0.4) is 0 Å². The zero-order valence-corrected chi connectivity index (χ0v) is 15.0. The smallest absolute Gasteiger partial charge is 0.267 e. The van der Waals surface area contributed by atoms with E-state index in [4.69, 9.17) is 6.42 Å². The third-order valence-electron chi connectivity index (χ3n) is 4.33. The van der Waals surface area contributed by atoms with Crippen LogP contribution in [0.4, 0.5) is 8.78 Å². The number of terminal acetylenes is 1. The van der Waals surface area contributed by atoms with E-state index in [1.165, 1.54) is 10.6 Å². The van der Waals surface area contributed by atoms with E-state index < -0.39 is 11.6 Å². The highest BCUT2D eigenvalue weighted by Crippen LogP contribution is 2.16. The molecule has 0 fully saturated rings. The molecule has 0 N–H and O–H groups in total. The summed E-state index contributed by atoms with van der Waals surface area (Å²) in [6.45, 7) is 0. The summed E-state index contributed by atoms with van der Waals surface area (Å²) < 4.78 is 28.1. The van der Waals surface area contributed by atoms with Crippen molar-refractivity contribution < 1.29 is 8.78 Å². The second-order valence-electron chi connectivity index (χ2n) is 6.18. The standard InChI is InChI=1S/C23H13F2N3O/c1-2-15-5-9-17(10-6-15)28-21(12-8-16-7-11-19(24)20(25)14-16)27-22-18(23(28)29)4-3-13-26-22/h1,3-14H. The van der Waals surface area contributed by atoms with E-state index in [1.54, 1.807) is 54.7 Å². The Morgan fingerprint density at radius 3 is 2.52 bits per heavy atom. The van der Waals surface area contributed by atoms with E-state index in [0.717, 1.165) is 12.1 Å². The van der Waals surface area contributed by atoms with Gasteiger partial charge < -0.3 is 0 Å². The van der Waals surface area contributed by atoms with Crippen molar-refractivity contribution in [3.8, 4) is 18.0 Å². The molecule has 2 heterocycles. The molecule has 0 atom stereocenters. The average Bonchev–Trinajstić information content (AvgIpc) is 2.75. The number of pyridine rings is 1. The molecule has 0 aliphatic carbocycles. The highest BCUT2D eigenvalue weighted by Gasteiger charge is 2.12. The number of halogens is 2. The van der Waals surface area contributed by atoms with Crippen LogP contribution in [0.2, 0.25) is 0 Å². The Kier molecular flexibility index (Phi) is 4.71. The van der Waals surface area contributed by atoms with Crippen LogP contribution in [-0.4, -0.2) is 14.5 Å². The number of nitrogens with zero attached hydrogens (tertiary/aromatic N) is 3. The lowest BCUT2D eigenvalue weighted by Crippen LogP contribution is -2.22. The van der Waals surface area contributed by atoms with Gasteiger partial charge in [0.05, 0.1) is 11.1 Å². The summed E-state index contributed by atoms with van der Waals surface area (Å²) >= 11 is 0. The molecular formula is C23H13F2N3O. The molecule has 4 rings (SSSR count). The minimum atomic E-state index is -0.956. The fourth-order valence-corrected chi connectivity index (χ4v) is 2.89. The third kappa shape index (κ3) is 3.54. The van der Waals surface area contributed by atoms with E-state index in [1.807, 2.05) is 0 Å². The SMILES string of the molecule is C#Cc1ccc(-n2c(C=Cc3ccc(F)c(F)c3)nc3ncccc3c2=O)cc1. The van der Waals surface area contributed by atoms with E-state index >= 15 is 0 Å². The Morgan fingerprint density at radius 2 is 1.79 bits per heavy atom. The number of aromatic nitrogens is 3. The first kappa shape index (κ1) is 18.3. The lowest BCUT2D eigenvalue weighted by molar-refractivity contribution is 0.508. The molecule has 4 aromatic rings. The first-order chi connectivity index (χ1) is 14.1. The maximum absolute atomic E-state index is 13.5. The molecule has 140 valence electrons. The van der Waals surface area contributed by atoms with E-state index in [0.29, 0.717) is 33.7 Å². The molecule has 0 saturated carbocycles. The lowest BCUT2D eigenvalue weighted by atomic mass is 10.2. The highest BCUT2D eigenvalue weighted by atomic mass is 19.2. The number of hydrogen-bond acceptors (Lipinski definition) is 3. The zero-order valence-electron chi connectivity index (χ0n) is 15.0. The van der Waals surface area contributed by atoms with Crippen LogP contribution in [0.5, 0.6) is 0 Å². The van der Waals surface area contributed by atoms with Crippen molar-refractivity contribution in [3.05, 3.63) is 99.7 Å². The molecule has 0 aliphatic heterocycles. The summed E-state index contributed by atoms with van der Waals surface area (Å²) in [5, 5.41) is 0.360. The van der Waals surface area contributed by atoms with Crippen LogP contribution in [0.25, 0.3) is 28.9 Å². The molecule has 2 aromatic carbocycles. The molecule has 0 radical (unpaired) electrons. The van der Waals surface area contributed by atoms with Crippen molar-refractivity contribution in [1.82, 2.24) is 14.5 Å². The lowest BCUT2D eigenvalue weighted by Gasteiger charge is -2.11. The molecule has 0 bridgehead atoms. The van der Waals surface area contributed by atoms with Gasteiger partial charge in [0, 0.05) is 11.8 Å². The molecular weight excluding hydrogens is 372 g/mol. The summed E-state index contributed by atoms with van der Waals surface area (Å²) in [6.07, 6.45) is 10.0. The van der Waals surface area contributed by atoms with Gasteiger partial charge in [0.15, 0.2) is 17.3 Å².